The van der Waals surface area contributed by atoms with Crippen molar-refractivity contribution in [1.82, 2.24) is 4.90 Å². The van der Waals surface area contributed by atoms with Crippen LogP contribution in [-0.4, -0.2) is 25.0 Å². The highest BCUT2D eigenvalue weighted by atomic mass is 35.5. The largest absolute Gasteiger partial charge is 0.496 e. The molecule has 0 aromatic heterocycles. The Morgan fingerprint density at radius 2 is 1.96 bits per heavy atom. The molecule has 0 unspecified atom stereocenters. The predicted octanol–water partition coefficient (Wildman–Crippen LogP) is 4.35. The van der Waals surface area contributed by atoms with Crippen molar-refractivity contribution in [3.63, 3.8) is 0 Å². The third-order valence-electron chi connectivity index (χ3n) is 3.57. The van der Waals surface area contributed by atoms with Crippen LogP contribution in [0.2, 0.25) is 5.02 Å². The summed E-state index contributed by atoms with van der Waals surface area (Å²) < 4.78 is 5.31. The summed E-state index contributed by atoms with van der Waals surface area (Å²) in [7, 11) is 3.41. The highest BCUT2D eigenvalue weighted by molar-refractivity contribution is 6.30. The van der Waals surface area contributed by atoms with E-state index >= 15 is 0 Å². The van der Waals surface area contributed by atoms with Crippen molar-refractivity contribution in [2.75, 3.05) is 14.2 Å². The topological polar surface area (TPSA) is 29.5 Å². The summed E-state index contributed by atoms with van der Waals surface area (Å²) in [5.74, 6) is 0.731. The lowest BCUT2D eigenvalue weighted by atomic mass is 10.1. The van der Waals surface area contributed by atoms with E-state index in [-0.39, 0.29) is 5.91 Å². The van der Waals surface area contributed by atoms with E-state index in [9.17, 15) is 4.79 Å². The Morgan fingerprint density at radius 3 is 2.57 bits per heavy atom. The standard InChI is InChI=1S/C19H20ClNO2/c1-4-5-15-12-16(8-11-18(15)23-3)19(22)21(2)13-14-6-9-17(20)10-7-14/h4,6-12H,1,5,13H2,2-3H3. The molecule has 4 heteroatoms. The molecule has 120 valence electrons. The summed E-state index contributed by atoms with van der Waals surface area (Å²) in [5.41, 5.74) is 2.62. The van der Waals surface area contributed by atoms with Crippen molar-refractivity contribution in [3.8, 4) is 5.75 Å². The molecule has 0 saturated heterocycles. The number of benzene rings is 2. The molecule has 0 fully saturated rings. The first-order chi connectivity index (χ1) is 11.0. The second kappa shape index (κ2) is 7.84. The van der Waals surface area contributed by atoms with Gasteiger partial charge in [0.05, 0.1) is 7.11 Å². The van der Waals surface area contributed by atoms with E-state index in [0.717, 1.165) is 16.9 Å². The van der Waals surface area contributed by atoms with E-state index in [1.165, 1.54) is 0 Å². The van der Waals surface area contributed by atoms with Gasteiger partial charge in [-0.15, -0.1) is 6.58 Å². The lowest BCUT2D eigenvalue weighted by Gasteiger charge is -2.18. The summed E-state index contributed by atoms with van der Waals surface area (Å²) in [6.45, 7) is 4.27. The molecule has 0 spiro atoms. The maximum Gasteiger partial charge on any atom is 0.253 e. The SMILES string of the molecule is C=CCc1cc(C(=O)N(C)Cc2ccc(Cl)cc2)ccc1OC. The molecule has 0 heterocycles. The van der Waals surface area contributed by atoms with Gasteiger partial charge in [-0.3, -0.25) is 4.79 Å². The maximum absolute atomic E-state index is 12.6. The van der Waals surface area contributed by atoms with Gasteiger partial charge in [-0.1, -0.05) is 29.8 Å². The molecule has 0 aliphatic rings. The van der Waals surface area contributed by atoms with Crippen molar-refractivity contribution in [2.24, 2.45) is 0 Å². The van der Waals surface area contributed by atoms with Crippen LogP contribution in [0.5, 0.6) is 5.75 Å². The Labute approximate surface area is 142 Å². The van der Waals surface area contributed by atoms with Gasteiger partial charge in [0.1, 0.15) is 5.75 Å². The molecular weight excluding hydrogens is 310 g/mol. The zero-order chi connectivity index (χ0) is 16.8. The number of hydrogen-bond acceptors (Lipinski definition) is 2. The molecule has 23 heavy (non-hydrogen) atoms. The van der Waals surface area contributed by atoms with Gasteiger partial charge in [0.2, 0.25) is 0 Å². The number of rotatable bonds is 6. The Balaban J connectivity index is 2.16. The Kier molecular flexibility index (Phi) is 5.83. The number of nitrogens with zero attached hydrogens (tertiary/aromatic N) is 1. The zero-order valence-corrected chi connectivity index (χ0v) is 14.1. The number of carbonyl (C=O) groups excluding carboxylic acids is 1. The zero-order valence-electron chi connectivity index (χ0n) is 13.4. The second-order valence-corrected chi connectivity index (χ2v) is 5.74. The van der Waals surface area contributed by atoms with Gasteiger partial charge in [0.15, 0.2) is 0 Å². The Hall–Kier alpha value is -2.26. The summed E-state index contributed by atoms with van der Waals surface area (Å²) in [6.07, 6.45) is 2.45. The van der Waals surface area contributed by atoms with Crippen molar-refractivity contribution >= 4 is 17.5 Å². The van der Waals surface area contributed by atoms with Crippen molar-refractivity contribution < 1.29 is 9.53 Å². The minimum atomic E-state index is -0.0343. The second-order valence-electron chi connectivity index (χ2n) is 5.31. The van der Waals surface area contributed by atoms with Gasteiger partial charge in [0, 0.05) is 24.2 Å². The highest BCUT2D eigenvalue weighted by Crippen LogP contribution is 2.22. The number of hydrogen-bond donors (Lipinski definition) is 0. The minimum Gasteiger partial charge on any atom is -0.496 e. The number of halogens is 1. The van der Waals surface area contributed by atoms with Gasteiger partial charge < -0.3 is 9.64 Å². The van der Waals surface area contributed by atoms with Crippen LogP contribution >= 0.6 is 11.6 Å². The predicted molar refractivity (Wildman–Crippen MR) is 94.1 cm³/mol. The molecule has 0 N–H and O–H groups in total. The number of methoxy groups -OCH3 is 1. The number of allylic oxidation sites excluding steroid dienone is 1. The fourth-order valence-corrected chi connectivity index (χ4v) is 2.51. The number of ether oxygens (including phenoxy) is 1. The van der Waals surface area contributed by atoms with Crippen LogP contribution in [0, 0.1) is 0 Å². The molecule has 2 aromatic carbocycles. The normalized spacial score (nSPS) is 10.2. The quantitative estimate of drug-likeness (QED) is 0.737. The molecule has 2 rings (SSSR count). The Bertz CT molecular complexity index is 695. The average Bonchev–Trinajstić information content (AvgIpc) is 2.56. The lowest BCUT2D eigenvalue weighted by molar-refractivity contribution is 0.0785. The van der Waals surface area contributed by atoms with E-state index < -0.39 is 0 Å². The first kappa shape index (κ1) is 17.1. The van der Waals surface area contributed by atoms with Crippen molar-refractivity contribution in [1.29, 1.82) is 0 Å². The van der Waals surface area contributed by atoms with Crippen LogP contribution in [0.15, 0.2) is 55.1 Å². The number of carbonyl (C=O) groups is 1. The molecular formula is C19H20ClNO2. The lowest BCUT2D eigenvalue weighted by Crippen LogP contribution is -2.26. The van der Waals surface area contributed by atoms with E-state index in [2.05, 4.69) is 6.58 Å². The van der Waals surface area contributed by atoms with Gasteiger partial charge in [-0.2, -0.15) is 0 Å². The molecule has 1 amide bonds. The molecule has 0 aliphatic carbocycles. The molecule has 0 bridgehead atoms. The van der Waals surface area contributed by atoms with Crippen LogP contribution < -0.4 is 4.74 Å². The average molecular weight is 330 g/mol. The Morgan fingerprint density at radius 1 is 1.26 bits per heavy atom. The molecule has 0 atom stereocenters. The summed E-state index contributed by atoms with van der Waals surface area (Å²) >= 11 is 5.88. The van der Waals surface area contributed by atoms with Gasteiger partial charge >= 0.3 is 0 Å². The minimum absolute atomic E-state index is 0.0343. The fourth-order valence-electron chi connectivity index (χ4n) is 2.38. The smallest absolute Gasteiger partial charge is 0.253 e. The molecule has 3 nitrogen and oxygen atoms in total. The summed E-state index contributed by atoms with van der Waals surface area (Å²) in [4.78, 5) is 14.3. The third kappa shape index (κ3) is 4.36. The maximum atomic E-state index is 12.6. The summed E-state index contributed by atoms with van der Waals surface area (Å²) in [5, 5.41) is 0.687. The van der Waals surface area contributed by atoms with E-state index in [4.69, 9.17) is 16.3 Å². The molecule has 0 radical (unpaired) electrons. The monoisotopic (exact) mass is 329 g/mol. The fraction of sp³-hybridized carbons (Fsp3) is 0.211. The van der Waals surface area contributed by atoms with Crippen LogP contribution in [0.25, 0.3) is 0 Å². The van der Waals surface area contributed by atoms with Gasteiger partial charge in [-0.05, 0) is 47.9 Å². The first-order valence-electron chi connectivity index (χ1n) is 7.33. The molecule has 0 aliphatic heterocycles. The van der Waals surface area contributed by atoms with Crippen molar-refractivity contribution in [2.45, 2.75) is 13.0 Å². The van der Waals surface area contributed by atoms with Crippen LogP contribution in [0.3, 0.4) is 0 Å². The van der Waals surface area contributed by atoms with Crippen LogP contribution in [-0.2, 0) is 13.0 Å². The van der Waals surface area contributed by atoms with Crippen molar-refractivity contribution in [3.05, 3.63) is 76.8 Å². The van der Waals surface area contributed by atoms with Crippen LogP contribution in [0.4, 0.5) is 0 Å². The number of amides is 1. The van der Waals surface area contributed by atoms with E-state index in [0.29, 0.717) is 23.6 Å². The van der Waals surface area contributed by atoms with E-state index in [1.54, 1.807) is 31.2 Å². The highest BCUT2D eigenvalue weighted by Gasteiger charge is 2.14. The molecule has 2 aromatic rings. The summed E-state index contributed by atoms with van der Waals surface area (Å²) in [6, 6.07) is 13.0. The van der Waals surface area contributed by atoms with Crippen LogP contribution in [0.1, 0.15) is 21.5 Å². The van der Waals surface area contributed by atoms with Gasteiger partial charge in [0.25, 0.3) is 5.91 Å². The van der Waals surface area contributed by atoms with Gasteiger partial charge in [-0.25, -0.2) is 0 Å². The third-order valence-corrected chi connectivity index (χ3v) is 3.82. The van der Waals surface area contributed by atoms with E-state index in [1.807, 2.05) is 36.4 Å². The first-order valence-corrected chi connectivity index (χ1v) is 7.70. The molecule has 0 saturated carbocycles.